The lowest BCUT2D eigenvalue weighted by atomic mass is 10.00. The van der Waals surface area contributed by atoms with Gasteiger partial charge in [0.25, 0.3) is 5.91 Å². The van der Waals surface area contributed by atoms with Crippen LogP contribution in [-0.4, -0.2) is 59.9 Å². The number of imide groups is 1. The van der Waals surface area contributed by atoms with E-state index in [0.717, 1.165) is 4.90 Å². The van der Waals surface area contributed by atoms with E-state index in [4.69, 9.17) is 4.74 Å². The van der Waals surface area contributed by atoms with Crippen LogP contribution in [0.4, 0.5) is 4.79 Å². The van der Waals surface area contributed by atoms with Crippen molar-refractivity contribution in [2.24, 2.45) is 0 Å². The zero-order chi connectivity index (χ0) is 11.1. The zero-order valence-electron chi connectivity index (χ0n) is 8.64. The summed E-state index contributed by atoms with van der Waals surface area (Å²) in [6.45, 7) is 1.32. The first-order valence-corrected chi connectivity index (χ1v) is 4.14. The molecule has 0 aromatic carbocycles. The molecule has 1 aliphatic heterocycles. The Morgan fingerprint density at radius 2 is 1.93 bits per heavy atom. The second-order valence-corrected chi connectivity index (χ2v) is 3.49. The van der Waals surface area contributed by atoms with Crippen molar-refractivity contribution in [2.45, 2.75) is 18.8 Å². The summed E-state index contributed by atoms with van der Waals surface area (Å²) in [5.74, 6) is -0.660. The van der Waals surface area contributed by atoms with E-state index in [1.807, 2.05) is 0 Å². The Hall–Kier alpha value is -1.14. The minimum absolute atomic E-state index is 0.492. The normalized spacial score (nSPS) is 33.9. The highest BCUT2D eigenvalue weighted by Gasteiger charge is 2.51. The quantitative estimate of drug-likeness (QED) is 0.606. The van der Waals surface area contributed by atoms with Crippen LogP contribution in [0, 0.1) is 0 Å². The van der Waals surface area contributed by atoms with Crippen LogP contribution in [0.15, 0.2) is 0 Å². The summed E-state index contributed by atoms with van der Waals surface area (Å²) in [6.07, 6.45) is -0.946. The number of methoxy groups -OCH3 is 1. The van der Waals surface area contributed by atoms with Crippen molar-refractivity contribution in [3.63, 3.8) is 0 Å². The van der Waals surface area contributed by atoms with Gasteiger partial charge in [-0.15, -0.1) is 0 Å². The van der Waals surface area contributed by atoms with Gasteiger partial charge in [-0.25, -0.2) is 4.79 Å². The molecule has 0 aromatic heterocycles. The van der Waals surface area contributed by atoms with Crippen molar-refractivity contribution in [1.82, 2.24) is 9.80 Å². The number of carbonyl (C=O) groups excluding carboxylic acids is 2. The van der Waals surface area contributed by atoms with E-state index in [1.54, 1.807) is 0 Å². The highest BCUT2D eigenvalue weighted by Crippen LogP contribution is 2.24. The standard InChI is InChI=1S/C8H14N2O4/c1-8(13)5(11)9(2)7(12)10(3)6(8)14-4/h6,13H,1-4H3/t6-,8-/m0/s1. The molecule has 6 heteroatoms. The molecule has 1 fully saturated rings. The number of likely N-dealkylation sites (N-methyl/N-ethyl adjacent to an activating group) is 2. The van der Waals surface area contributed by atoms with Gasteiger partial charge in [-0.1, -0.05) is 0 Å². The van der Waals surface area contributed by atoms with Gasteiger partial charge in [0.1, 0.15) is 0 Å². The van der Waals surface area contributed by atoms with Crippen LogP contribution in [-0.2, 0) is 9.53 Å². The summed E-state index contributed by atoms with van der Waals surface area (Å²) in [4.78, 5) is 25.0. The SMILES string of the molecule is CO[C@@H]1N(C)C(=O)N(C)C(=O)[C@]1(C)O. The Bertz CT molecular complexity index is 277. The van der Waals surface area contributed by atoms with Gasteiger partial charge in [-0.2, -0.15) is 0 Å². The Morgan fingerprint density at radius 3 is 2.36 bits per heavy atom. The lowest BCUT2D eigenvalue weighted by Crippen LogP contribution is -2.68. The Labute approximate surface area is 82.0 Å². The molecule has 6 nitrogen and oxygen atoms in total. The summed E-state index contributed by atoms with van der Waals surface area (Å²) >= 11 is 0. The molecule has 2 atom stereocenters. The fourth-order valence-corrected chi connectivity index (χ4v) is 1.63. The molecule has 0 unspecified atom stereocenters. The Balaban J connectivity index is 3.09. The van der Waals surface area contributed by atoms with E-state index < -0.39 is 23.8 Å². The van der Waals surface area contributed by atoms with Gasteiger partial charge in [0.05, 0.1) is 0 Å². The van der Waals surface area contributed by atoms with Gasteiger partial charge >= 0.3 is 6.03 Å². The Morgan fingerprint density at radius 1 is 1.43 bits per heavy atom. The first kappa shape index (κ1) is 10.9. The monoisotopic (exact) mass is 202 g/mol. The Kier molecular flexibility index (Phi) is 2.51. The largest absolute Gasteiger partial charge is 0.376 e. The third-order valence-corrected chi connectivity index (χ3v) is 2.38. The maximum Gasteiger partial charge on any atom is 0.328 e. The highest BCUT2D eigenvalue weighted by atomic mass is 16.5. The molecule has 1 heterocycles. The molecule has 1 aliphatic rings. The van der Waals surface area contributed by atoms with Crippen LogP contribution in [0.3, 0.4) is 0 Å². The van der Waals surface area contributed by atoms with Gasteiger partial charge < -0.3 is 9.84 Å². The van der Waals surface area contributed by atoms with E-state index >= 15 is 0 Å². The van der Waals surface area contributed by atoms with Crippen molar-refractivity contribution in [2.75, 3.05) is 21.2 Å². The van der Waals surface area contributed by atoms with E-state index in [9.17, 15) is 14.7 Å². The molecule has 1 rings (SSSR count). The van der Waals surface area contributed by atoms with Crippen LogP contribution >= 0.6 is 0 Å². The molecule has 0 bridgehead atoms. The first-order valence-electron chi connectivity index (χ1n) is 4.14. The fourth-order valence-electron chi connectivity index (χ4n) is 1.63. The number of urea groups is 1. The van der Waals surface area contributed by atoms with Crippen molar-refractivity contribution < 1.29 is 19.4 Å². The number of carbonyl (C=O) groups is 2. The van der Waals surface area contributed by atoms with Gasteiger partial charge in [-0.3, -0.25) is 14.6 Å². The average Bonchev–Trinajstić information content (AvgIpc) is 2.13. The molecular weight excluding hydrogens is 188 g/mol. The van der Waals surface area contributed by atoms with Crippen LogP contribution in [0.1, 0.15) is 6.92 Å². The lowest BCUT2D eigenvalue weighted by Gasteiger charge is -2.43. The molecule has 0 radical (unpaired) electrons. The predicted octanol–water partition coefficient (Wildman–Crippen LogP) is -0.766. The van der Waals surface area contributed by atoms with Gasteiger partial charge in [0, 0.05) is 21.2 Å². The molecule has 80 valence electrons. The van der Waals surface area contributed by atoms with E-state index in [0.29, 0.717) is 0 Å². The molecule has 0 saturated carbocycles. The predicted molar refractivity (Wildman–Crippen MR) is 47.3 cm³/mol. The average molecular weight is 202 g/mol. The van der Waals surface area contributed by atoms with Crippen molar-refractivity contribution in [1.29, 1.82) is 0 Å². The molecule has 0 spiro atoms. The van der Waals surface area contributed by atoms with Crippen molar-refractivity contribution in [3.05, 3.63) is 0 Å². The van der Waals surface area contributed by atoms with E-state index in [2.05, 4.69) is 0 Å². The number of hydrogen-bond acceptors (Lipinski definition) is 4. The first-order chi connectivity index (χ1) is 6.34. The fraction of sp³-hybridized carbons (Fsp3) is 0.750. The van der Waals surface area contributed by atoms with Gasteiger partial charge in [0.15, 0.2) is 11.8 Å². The number of rotatable bonds is 1. The number of ether oxygens (including phenoxy) is 1. The number of nitrogens with zero attached hydrogens (tertiary/aromatic N) is 2. The lowest BCUT2D eigenvalue weighted by molar-refractivity contribution is -0.185. The summed E-state index contributed by atoms with van der Waals surface area (Å²) in [5.41, 5.74) is -1.70. The minimum atomic E-state index is -1.70. The third-order valence-electron chi connectivity index (χ3n) is 2.38. The third kappa shape index (κ3) is 1.27. The molecule has 1 N–H and O–H groups in total. The molecule has 0 aliphatic carbocycles. The summed E-state index contributed by atoms with van der Waals surface area (Å²) in [7, 11) is 4.12. The van der Waals surface area contributed by atoms with Crippen LogP contribution in [0.2, 0.25) is 0 Å². The number of hydrogen-bond donors (Lipinski definition) is 1. The van der Waals surface area contributed by atoms with Crippen LogP contribution < -0.4 is 0 Å². The molecule has 0 aromatic rings. The topological polar surface area (TPSA) is 70.1 Å². The van der Waals surface area contributed by atoms with Gasteiger partial charge in [-0.05, 0) is 6.92 Å². The smallest absolute Gasteiger partial charge is 0.328 e. The second-order valence-electron chi connectivity index (χ2n) is 3.49. The van der Waals surface area contributed by atoms with Crippen molar-refractivity contribution in [3.8, 4) is 0 Å². The van der Waals surface area contributed by atoms with E-state index in [1.165, 1.54) is 33.0 Å². The molecule has 3 amide bonds. The van der Waals surface area contributed by atoms with Crippen LogP contribution in [0.5, 0.6) is 0 Å². The summed E-state index contributed by atoms with van der Waals surface area (Å²) in [5, 5.41) is 9.85. The van der Waals surface area contributed by atoms with Crippen LogP contribution in [0.25, 0.3) is 0 Å². The molecular formula is C8H14N2O4. The zero-order valence-corrected chi connectivity index (χ0v) is 8.64. The maximum absolute atomic E-state index is 11.5. The maximum atomic E-state index is 11.5. The highest BCUT2D eigenvalue weighted by molar-refractivity contribution is 6.01. The van der Waals surface area contributed by atoms with E-state index in [-0.39, 0.29) is 0 Å². The number of amides is 3. The summed E-state index contributed by atoms with van der Waals surface area (Å²) < 4.78 is 4.92. The van der Waals surface area contributed by atoms with Crippen molar-refractivity contribution >= 4 is 11.9 Å². The number of aliphatic hydroxyl groups is 1. The molecule has 1 saturated heterocycles. The molecule has 14 heavy (non-hydrogen) atoms. The minimum Gasteiger partial charge on any atom is -0.376 e. The summed E-state index contributed by atoms with van der Waals surface area (Å²) in [6, 6.07) is -0.492. The second kappa shape index (κ2) is 3.21. The van der Waals surface area contributed by atoms with Gasteiger partial charge in [0.2, 0.25) is 0 Å².